The third kappa shape index (κ3) is 5.20. The van der Waals surface area contributed by atoms with Crippen LogP contribution in [0.5, 0.6) is 5.75 Å². The predicted molar refractivity (Wildman–Crippen MR) is 104 cm³/mol. The molecule has 1 atom stereocenters. The minimum atomic E-state index is 0.328. The summed E-state index contributed by atoms with van der Waals surface area (Å²) >= 11 is 0. The molecule has 128 valence electrons. The predicted octanol–water partition coefficient (Wildman–Crippen LogP) is 5.42. The van der Waals surface area contributed by atoms with Crippen molar-refractivity contribution < 1.29 is 4.74 Å². The third-order valence-electron chi connectivity index (χ3n) is 4.36. The van der Waals surface area contributed by atoms with Crippen molar-refractivity contribution in [1.82, 2.24) is 5.32 Å². The molecule has 1 N–H and O–H groups in total. The molecule has 0 bridgehead atoms. The van der Waals surface area contributed by atoms with Crippen LogP contribution in [0, 0.1) is 6.92 Å². The number of nitrogens with one attached hydrogen (secondary N) is 1. The first-order chi connectivity index (χ1) is 12.2. The highest BCUT2D eigenvalue weighted by molar-refractivity contribution is 5.28. The van der Waals surface area contributed by atoms with Crippen molar-refractivity contribution in [1.29, 1.82) is 0 Å². The molecular weight excluding hydrogens is 306 g/mol. The van der Waals surface area contributed by atoms with E-state index in [-0.39, 0.29) is 0 Å². The smallest absolute Gasteiger partial charge is 0.119 e. The van der Waals surface area contributed by atoms with E-state index < -0.39 is 0 Å². The first-order valence-electron chi connectivity index (χ1n) is 8.76. The van der Waals surface area contributed by atoms with Gasteiger partial charge in [0.05, 0.1) is 0 Å². The Hall–Kier alpha value is -2.58. The van der Waals surface area contributed by atoms with E-state index in [0.717, 1.165) is 12.3 Å². The van der Waals surface area contributed by atoms with E-state index in [9.17, 15) is 0 Å². The van der Waals surface area contributed by atoms with Crippen LogP contribution in [0.25, 0.3) is 0 Å². The topological polar surface area (TPSA) is 21.3 Å². The first kappa shape index (κ1) is 17.2. The quantitative estimate of drug-likeness (QED) is 0.624. The Balaban J connectivity index is 1.49. The molecule has 0 heterocycles. The average Bonchev–Trinajstić information content (AvgIpc) is 2.67. The molecule has 0 amide bonds. The van der Waals surface area contributed by atoms with E-state index in [2.05, 4.69) is 67.7 Å². The van der Waals surface area contributed by atoms with Gasteiger partial charge in [-0.3, -0.25) is 0 Å². The van der Waals surface area contributed by atoms with Gasteiger partial charge in [-0.1, -0.05) is 72.3 Å². The zero-order valence-corrected chi connectivity index (χ0v) is 14.9. The normalized spacial score (nSPS) is 11.9. The molecule has 3 aromatic rings. The maximum absolute atomic E-state index is 5.83. The second kappa shape index (κ2) is 8.50. The number of ether oxygens (including phenoxy) is 1. The molecule has 0 spiro atoms. The van der Waals surface area contributed by atoms with Crippen LogP contribution >= 0.6 is 0 Å². The van der Waals surface area contributed by atoms with Gasteiger partial charge in [0, 0.05) is 12.6 Å². The van der Waals surface area contributed by atoms with Crippen LogP contribution < -0.4 is 10.1 Å². The highest BCUT2D eigenvalue weighted by Crippen LogP contribution is 2.17. The molecule has 0 saturated heterocycles. The van der Waals surface area contributed by atoms with Crippen LogP contribution in [-0.2, 0) is 13.2 Å². The lowest BCUT2D eigenvalue weighted by Gasteiger charge is -2.15. The van der Waals surface area contributed by atoms with E-state index in [1.165, 1.54) is 22.3 Å². The summed E-state index contributed by atoms with van der Waals surface area (Å²) in [5.74, 6) is 0.902. The summed E-state index contributed by atoms with van der Waals surface area (Å²) in [6.07, 6.45) is 0. The van der Waals surface area contributed by atoms with Crippen LogP contribution in [0.3, 0.4) is 0 Å². The number of hydrogen-bond donors (Lipinski definition) is 1. The Morgan fingerprint density at radius 1 is 0.800 bits per heavy atom. The monoisotopic (exact) mass is 331 g/mol. The van der Waals surface area contributed by atoms with Gasteiger partial charge in [0.25, 0.3) is 0 Å². The zero-order valence-electron chi connectivity index (χ0n) is 14.9. The lowest BCUT2D eigenvalue weighted by Crippen LogP contribution is -2.17. The molecule has 0 fully saturated rings. The fourth-order valence-electron chi connectivity index (χ4n) is 2.69. The van der Waals surface area contributed by atoms with Gasteiger partial charge in [-0.15, -0.1) is 0 Å². The molecule has 0 aliphatic carbocycles. The third-order valence-corrected chi connectivity index (χ3v) is 4.36. The second-order valence-corrected chi connectivity index (χ2v) is 6.43. The Bertz CT molecular complexity index is 763. The van der Waals surface area contributed by atoms with Crippen LogP contribution in [0.1, 0.15) is 35.2 Å². The van der Waals surface area contributed by atoms with Gasteiger partial charge in [-0.2, -0.15) is 0 Å². The van der Waals surface area contributed by atoms with Gasteiger partial charge in [-0.25, -0.2) is 0 Å². The fraction of sp³-hybridized carbons (Fsp3) is 0.217. The van der Waals surface area contributed by atoms with Gasteiger partial charge in [0.2, 0.25) is 0 Å². The summed E-state index contributed by atoms with van der Waals surface area (Å²) in [4.78, 5) is 0. The number of aryl methyl sites for hydroxylation is 1. The van der Waals surface area contributed by atoms with Crippen molar-refractivity contribution in [2.45, 2.75) is 33.0 Å². The zero-order chi connectivity index (χ0) is 17.5. The average molecular weight is 331 g/mol. The van der Waals surface area contributed by atoms with Crippen molar-refractivity contribution in [2.75, 3.05) is 0 Å². The standard InChI is InChI=1S/C23H25NO/c1-18-8-12-22(13-9-18)19(2)24-16-20-10-14-23(15-11-20)25-17-21-6-4-3-5-7-21/h3-15,19,24H,16-17H2,1-2H3. The summed E-state index contributed by atoms with van der Waals surface area (Å²) in [5.41, 5.74) is 5.04. The molecule has 25 heavy (non-hydrogen) atoms. The van der Waals surface area contributed by atoms with Crippen LogP contribution in [0.15, 0.2) is 78.9 Å². The van der Waals surface area contributed by atoms with Gasteiger partial charge in [-0.05, 0) is 42.7 Å². The Labute approximate surface area is 150 Å². The molecule has 0 saturated carbocycles. The summed E-state index contributed by atoms with van der Waals surface area (Å²) in [7, 11) is 0. The molecular formula is C23H25NO. The summed E-state index contributed by atoms with van der Waals surface area (Å²) < 4.78 is 5.83. The number of hydrogen-bond acceptors (Lipinski definition) is 2. The number of benzene rings is 3. The van der Waals surface area contributed by atoms with Crippen LogP contribution in [0.4, 0.5) is 0 Å². The Morgan fingerprint density at radius 3 is 2.16 bits per heavy atom. The van der Waals surface area contributed by atoms with Crippen LogP contribution in [0.2, 0.25) is 0 Å². The highest BCUT2D eigenvalue weighted by atomic mass is 16.5. The van der Waals surface area contributed by atoms with Crippen molar-refractivity contribution in [3.05, 3.63) is 101 Å². The van der Waals surface area contributed by atoms with Gasteiger partial charge in [0.1, 0.15) is 12.4 Å². The minimum Gasteiger partial charge on any atom is -0.489 e. The minimum absolute atomic E-state index is 0.328. The molecule has 2 nitrogen and oxygen atoms in total. The van der Waals surface area contributed by atoms with E-state index in [1.807, 2.05) is 30.3 Å². The van der Waals surface area contributed by atoms with E-state index in [4.69, 9.17) is 4.74 Å². The lowest BCUT2D eigenvalue weighted by atomic mass is 10.1. The SMILES string of the molecule is Cc1ccc(C(C)NCc2ccc(OCc3ccccc3)cc2)cc1. The molecule has 0 aromatic heterocycles. The van der Waals surface area contributed by atoms with Crippen molar-refractivity contribution in [3.63, 3.8) is 0 Å². The fourth-order valence-corrected chi connectivity index (χ4v) is 2.69. The van der Waals surface area contributed by atoms with Crippen molar-refractivity contribution in [3.8, 4) is 5.75 Å². The van der Waals surface area contributed by atoms with Gasteiger partial charge in [0.15, 0.2) is 0 Å². The molecule has 0 radical (unpaired) electrons. The molecule has 0 aliphatic heterocycles. The summed E-state index contributed by atoms with van der Waals surface area (Å²) in [5, 5.41) is 3.57. The Morgan fingerprint density at radius 2 is 1.48 bits per heavy atom. The lowest BCUT2D eigenvalue weighted by molar-refractivity contribution is 0.306. The Kier molecular flexibility index (Phi) is 5.86. The van der Waals surface area contributed by atoms with E-state index in [0.29, 0.717) is 12.6 Å². The maximum Gasteiger partial charge on any atom is 0.119 e. The highest BCUT2D eigenvalue weighted by Gasteiger charge is 2.04. The van der Waals surface area contributed by atoms with Gasteiger partial charge >= 0.3 is 0 Å². The summed E-state index contributed by atoms with van der Waals surface area (Å²) in [6.45, 7) is 5.75. The van der Waals surface area contributed by atoms with E-state index in [1.54, 1.807) is 0 Å². The van der Waals surface area contributed by atoms with Gasteiger partial charge < -0.3 is 10.1 Å². The largest absolute Gasteiger partial charge is 0.489 e. The summed E-state index contributed by atoms with van der Waals surface area (Å²) in [6, 6.07) is 27.6. The van der Waals surface area contributed by atoms with Crippen LogP contribution in [-0.4, -0.2) is 0 Å². The molecule has 1 unspecified atom stereocenters. The maximum atomic E-state index is 5.83. The van der Waals surface area contributed by atoms with E-state index >= 15 is 0 Å². The molecule has 3 aromatic carbocycles. The molecule has 3 rings (SSSR count). The second-order valence-electron chi connectivity index (χ2n) is 6.43. The first-order valence-corrected chi connectivity index (χ1v) is 8.76. The number of rotatable bonds is 7. The van der Waals surface area contributed by atoms with Crippen molar-refractivity contribution >= 4 is 0 Å². The van der Waals surface area contributed by atoms with Crippen molar-refractivity contribution in [2.24, 2.45) is 0 Å². The molecule has 0 aliphatic rings. The molecule has 2 heteroatoms.